The minimum absolute atomic E-state index is 0.0368. The third kappa shape index (κ3) is 4.24. The summed E-state index contributed by atoms with van der Waals surface area (Å²) in [5, 5.41) is 14.1. The fraction of sp³-hybridized carbons (Fsp3) is 0.0870. The van der Waals surface area contributed by atoms with Crippen molar-refractivity contribution in [2.75, 3.05) is 7.11 Å². The maximum absolute atomic E-state index is 12.4. The van der Waals surface area contributed by atoms with Gasteiger partial charge in [-0.05, 0) is 65.4 Å². The second kappa shape index (κ2) is 8.76. The number of hydrogen-bond acceptors (Lipinski definition) is 5. The standard InChI is InChI=1S/C23H19IN4O3/c1-13-4-3-5-17-20(13)27-22(26-17)14-6-8-15(9-7-14)23(30)28-25-12-16-10-11-18(31-2)21(29)19(16)24/h3-12,29H,1-2H3,(H,26,27)(H,28,30)/b25-12+. The monoisotopic (exact) mass is 526 g/mol. The lowest BCUT2D eigenvalue weighted by molar-refractivity contribution is 0.0955. The zero-order valence-electron chi connectivity index (χ0n) is 16.8. The summed E-state index contributed by atoms with van der Waals surface area (Å²) in [4.78, 5) is 20.4. The maximum Gasteiger partial charge on any atom is 0.271 e. The van der Waals surface area contributed by atoms with E-state index < -0.39 is 0 Å². The number of H-pyrrole nitrogens is 1. The number of halogens is 1. The summed E-state index contributed by atoms with van der Waals surface area (Å²) in [6, 6.07) is 16.5. The van der Waals surface area contributed by atoms with E-state index in [4.69, 9.17) is 4.74 Å². The molecule has 1 aromatic heterocycles. The first-order valence-corrected chi connectivity index (χ1v) is 10.5. The van der Waals surface area contributed by atoms with E-state index in [-0.39, 0.29) is 11.7 Å². The van der Waals surface area contributed by atoms with Crippen LogP contribution in [0.4, 0.5) is 0 Å². The lowest BCUT2D eigenvalue weighted by atomic mass is 10.1. The van der Waals surface area contributed by atoms with Crippen molar-refractivity contribution >= 4 is 45.7 Å². The van der Waals surface area contributed by atoms with Crippen LogP contribution in [0.25, 0.3) is 22.4 Å². The summed E-state index contributed by atoms with van der Waals surface area (Å²) in [7, 11) is 1.49. The Morgan fingerprint density at radius 1 is 1.19 bits per heavy atom. The van der Waals surface area contributed by atoms with Crippen LogP contribution in [-0.4, -0.2) is 34.3 Å². The Kier molecular flexibility index (Phi) is 5.90. The minimum atomic E-state index is -0.337. The normalized spacial score (nSPS) is 11.2. The van der Waals surface area contributed by atoms with E-state index in [0.29, 0.717) is 20.4 Å². The number of fused-ring (bicyclic) bond motifs is 1. The molecule has 0 aliphatic rings. The van der Waals surface area contributed by atoms with Gasteiger partial charge in [0, 0.05) is 16.7 Å². The maximum atomic E-state index is 12.4. The van der Waals surface area contributed by atoms with E-state index in [9.17, 15) is 9.90 Å². The van der Waals surface area contributed by atoms with Gasteiger partial charge in [0.1, 0.15) is 5.82 Å². The number of para-hydroxylation sites is 1. The molecule has 1 amide bonds. The molecule has 3 N–H and O–H groups in total. The smallest absolute Gasteiger partial charge is 0.271 e. The number of aryl methyl sites for hydroxylation is 1. The quantitative estimate of drug-likeness (QED) is 0.201. The van der Waals surface area contributed by atoms with E-state index in [1.165, 1.54) is 13.3 Å². The number of ether oxygens (including phenoxy) is 1. The molecule has 0 unspecified atom stereocenters. The van der Waals surface area contributed by atoms with Crippen molar-refractivity contribution in [2.24, 2.45) is 5.10 Å². The lowest BCUT2D eigenvalue weighted by Crippen LogP contribution is -2.17. The minimum Gasteiger partial charge on any atom is -0.504 e. The number of carbonyl (C=O) groups excluding carboxylic acids is 1. The van der Waals surface area contributed by atoms with Gasteiger partial charge in [0.05, 0.1) is 27.9 Å². The molecule has 4 aromatic rings. The van der Waals surface area contributed by atoms with Crippen molar-refractivity contribution in [3.63, 3.8) is 0 Å². The molecule has 0 saturated carbocycles. The van der Waals surface area contributed by atoms with Gasteiger partial charge in [-0.15, -0.1) is 0 Å². The molecule has 0 bridgehead atoms. The van der Waals surface area contributed by atoms with Gasteiger partial charge in [-0.2, -0.15) is 5.10 Å². The molecule has 31 heavy (non-hydrogen) atoms. The van der Waals surface area contributed by atoms with Crippen molar-refractivity contribution in [1.29, 1.82) is 0 Å². The number of hydrogen-bond donors (Lipinski definition) is 3. The van der Waals surface area contributed by atoms with Gasteiger partial charge >= 0.3 is 0 Å². The number of rotatable bonds is 5. The number of aromatic hydroxyl groups is 1. The van der Waals surface area contributed by atoms with Crippen molar-refractivity contribution in [3.05, 3.63) is 74.9 Å². The van der Waals surface area contributed by atoms with Crippen LogP contribution >= 0.6 is 22.6 Å². The summed E-state index contributed by atoms with van der Waals surface area (Å²) in [6.45, 7) is 2.02. The molecule has 3 aromatic carbocycles. The SMILES string of the molecule is COc1ccc(/C=N/NC(=O)c2ccc(-c3nc4c(C)cccc4[nH]3)cc2)c(I)c1O. The number of carbonyl (C=O) groups is 1. The van der Waals surface area contributed by atoms with E-state index >= 15 is 0 Å². The zero-order chi connectivity index (χ0) is 22.0. The average molecular weight is 526 g/mol. The molecule has 0 radical (unpaired) electrons. The van der Waals surface area contributed by atoms with Gasteiger partial charge in [0.2, 0.25) is 0 Å². The second-order valence-electron chi connectivity index (χ2n) is 6.85. The highest BCUT2D eigenvalue weighted by Crippen LogP contribution is 2.32. The molecule has 1 heterocycles. The van der Waals surface area contributed by atoms with Crippen LogP contribution in [0.3, 0.4) is 0 Å². The number of phenolic OH excluding ortho intramolecular Hbond substituents is 1. The van der Waals surface area contributed by atoms with Crippen LogP contribution in [0.1, 0.15) is 21.5 Å². The number of aromatic nitrogens is 2. The van der Waals surface area contributed by atoms with E-state index in [1.54, 1.807) is 24.3 Å². The number of phenols is 1. The van der Waals surface area contributed by atoms with Crippen LogP contribution in [0, 0.1) is 10.5 Å². The molecule has 0 fully saturated rings. The average Bonchev–Trinajstić information content (AvgIpc) is 3.23. The van der Waals surface area contributed by atoms with Crippen LogP contribution in [0.2, 0.25) is 0 Å². The van der Waals surface area contributed by atoms with E-state index in [2.05, 4.69) is 20.5 Å². The molecule has 0 saturated heterocycles. The van der Waals surface area contributed by atoms with Gasteiger partial charge in [0.15, 0.2) is 11.5 Å². The Morgan fingerprint density at radius 2 is 1.97 bits per heavy atom. The molecule has 4 rings (SSSR count). The predicted octanol–water partition coefficient (Wildman–Crippen LogP) is 4.62. The molecule has 0 aliphatic heterocycles. The zero-order valence-corrected chi connectivity index (χ0v) is 19.0. The summed E-state index contributed by atoms with van der Waals surface area (Å²) in [5.41, 5.74) is 7.54. The van der Waals surface area contributed by atoms with Crippen molar-refractivity contribution in [2.45, 2.75) is 6.92 Å². The summed E-state index contributed by atoms with van der Waals surface area (Å²) >= 11 is 2.00. The number of aromatic amines is 1. The highest BCUT2D eigenvalue weighted by atomic mass is 127. The fourth-order valence-electron chi connectivity index (χ4n) is 3.14. The Labute approximate surface area is 192 Å². The molecular weight excluding hydrogens is 507 g/mol. The number of methoxy groups -OCH3 is 1. The molecule has 0 aliphatic carbocycles. The van der Waals surface area contributed by atoms with Gasteiger partial charge < -0.3 is 14.8 Å². The number of benzene rings is 3. The van der Waals surface area contributed by atoms with Crippen LogP contribution in [0.5, 0.6) is 11.5 Å². The molecule has 8 heteroatoms. The number of nitrogens with zero attached hydrogens (tertiary/aromatic N) is 2. The highest BCUT2D eigenvalue weighted by Gasteiger charge is 2.11. The van der Waals surface area contributed by atoms with Crippen molar-refractivity contribution in [3.8, 4) is 22.9 Å². The number of nitrogens with one attached hydrogen (secondary N) is 2. The Balaban J connectivity index is 1.46. The first kappa shape index (κ1) is 20.9. The molecular formula is C23H19IN4O3. The van der Waals surface area contributed by atoms with Gasteiger partial charge in [-0.1, -0.05) is 24.3 Å². The molecule has 0 spiro atoms. The largest absolute Gasteiger partial charge is 0.504 e. The van der Waals surface area contributed by atoms with Crippen LogP contribution < -0.4 is 10.2 Å². The summed E-state index contributed by atoms with van der Waals surface area (Å²) < 4.78 is 5.65. The van der Waals surface area contributed by atoms with Gasteiger partial charge in [-0.3, -0.25) is 4.79 Å². The molecule has 0 atom stereocenters. The first-order chi connectivity index (χ1) is 15.0. The van der Waals surface area contributed by atoms with Gasteiger partial charge in [-0.25, -0.2) is 10.4 Å². The highest BCUT2D eigenvalue weighted by molar-refractivity contribution is 14.1. The Morgan fingerprint density at radius 3 is 2.68 bits per heavy atom. The molecule has 156 valence electrons. The third-order valence-corrected chi connectivity index (χ3v) is 5.97. The van der Waals surface area contributed by atoms with Crippen LogP contribution in [-0.2, 0) is 0 Å². The fourth-order valence-corrected chi connectivity index (χ4v) is 3.73. The van der Waals surface area contributed by atoms with Crippen LogP contribution in [0.15, 0.2) is 59.7 Å². The molecule has 7 nitrogen and oxygen atoms in total. The second-order valence-corrected chi connectivity index (χ2v) is 7.93. The first-order valence-electron chi connectivity index (χ1n) is 9.42. The number of hydrazone groups is 1. The summed E-state index contributed by atoms with van der Waals surface area (Å²) in [5.74, 6) is 0.833. The third-order valence-electron chi connectivity index (χ3n) is 4.83. The lowest BCUT2D eigenvalue weighted by Gasteiger charge is -2.07. The number of imidazole rings is 1. The Bertz CT molecular complexity index is 1300. The Hall–Kier alpha value is -3.40. The predicted molar refractivity (Wildman–Crippen MR) is 129 cm³/mol. The van der Waals surface area contributed by atoms with Crippen molar-refractivity contribution < 1.29 is 14.6 Å². The summed E-state index contributed by atoms with van der Waals surface area (Å²) in [6.07, 6.45) is 1.48. The van der Waals surface area contributed by atoms with E-state index in [1.807, 2.05) is 59.8 Å². The van der Waals surface area contributed by atoms with E-state index in [0.717, 1.165) is 28.0 Å². The van der Waals surface area contributed by atoms with Crippen molar-refractivity contribution in [1.82, 2.24) is 15.4 Å². The topological polar surface area (TPSA) is 99.6 Å². The van der Waals surface area contributed by atoms with Gasteiger partial charge in [0.25, 0.3) is 5.91 Å². The number of amides is 1.